The normalized spacial score (nSPS) is 17.9. The molecule has 9 heteroatoms. The zero-order chi connectivity index (χ0) is 17.3. The highest BCUT2D eigenvalue weighted by molar-refractivity contribution is 7.17. The smallest absolute Gasteiger partial charge is 0.306 e. The summed E-state index contributed by atoms with van der Waals surface area (Å²) in [4.78, 5) is 30.3. The SMILES string of the molecule is Cc1nc(-c2cnn(C)c2)sc1C(=O)N1CCO[C@H](CC(=O)O)C1. The van der Waals surface area contributed by atoms with Crippen LogP contribution in [-0.4, -0.2) is 62.4 Å². The lowest BCUT2D eigenvalue weighted by Crippen LogP contribution is -2.46. The van der Waals surface area contributed by atoms with Gasteiger partial charge in [0.05, 0.1) is 31.0 Å². The van der Waals surface area contributed by atoms with Gasteiger partial charge in [0.1, 0.15) is 9.88 Å². The molecule has 1 fully saturated rings. The first-order valence-electron chi connectivity index (χ1n) is 7.53. The third-order valence-corrected chi connectivity index (χ3v) is 4.97. The Labute approximate surface area is 142 Å². The summed E-state index contributed by atoms with van der Waals surface area (Å²) in [6, 6.07) is 0. The van der Waals surface area contributed by atoms with Crippen LogP contribution in [0.25, 0.3) is 10.6 Å². The van der Waals surface area contributed by atoms with Crippen LogP contribution in [0.3, 0.4) is 0 Å². The molecule has 3 heterocycles. The van der Waals surface area contributed by atoms with Crippen molar-refractivity contribution in [1.82, 2.24) is 19.7 Å². The fraction of sp³-hybridized carbons (Fsp3) is 0.467. The predicted molar refractivity (Wildman–Crippen MR) is 86.9 cm³/mol. The molecule has 1 atom stereocenters. The van der Waals surface area contributed by atoms with E-state index in [1.54, 1.807) is 22.7 Å². The van der Waals surface area contributed by atoms with Gasteiger partial charge in [0, 0.05) is 31.9 Å². The van der Waals surface area contributed by atoms with E-state index in [-0.39, 0.29) is 18.9 Å². The zero-order valence-corrected chi connectivity index (χ0v) is 14.2. The van der Waals surface area contributed by atoms with Crippen molar-refractivity contribution in [2.45, 2.75) is 19.4 Å². The molecule has 1 aliphatic heterocycles. The van der Waals surface area contributed by atoms with E-state index in [1.165, 1.54) is 11.3 Å². The van der Waals surface area contributed by atoms with Crippen LogP contribution in [0.5, 0.6) is 0 Å². The van der Waals surface area contributed by atoms with Crippen molar-refractivity contribution in [3.05, 3.63) is 23.0 Å². The van der Waals surface area contributed by atoms with Crippen LogP contribution in [0.1, 0.15) is 21.8 Å². The maximum atomic E-state index is 12.8. The number of ether oxygens (including phenoxy) is 1. The van der Waals surface area contributed by atoms with Crippen molar-refractivity contribution >= 4 is 23.2 Å². The predicted octanol–water partition coefficient (Wildman–Crippen LogP) is 1.17. The molecule has 0 saturated carbocycles. The summed E-state index contributed by atoms with van der Waals surface area (Å²) < 4.78 is 7.10. The second kappa shape index (κ2) is 6.70. The van der Waals surface area contributed by atoms with Crippen LogP contribution in [0, 0.1) is 6.92 Å². The number of nitrogens with zero attached hydrogens (tertiary/aromatic N) is 4. The number of amides is 1. The van der Waals surface area contributed by atoms with Gasteiger partial charge in [-0.2, -0.15) is 5.10 Å². The molecule has 2 aromatic rings. The molecular weight excluding hydrogens is 332 g/mol. The van der Waals surface area contributed by atoms with Gasteiger partial charge in [-0.3, -0.25) is 14.3 Å². The molecule has 0 radical (unpaired) electrons. The third-order valence-electron chi connectivity index (χ3n) is 3.77. The van der Waals surface area contributed by atoms with Crippen molar-refractivity contribution in [2.24, 2.45) is 7.05 Å². The minimum Gasteiger partial charge on any atom is -0.481 e. The fourth-order valence-electron chi connectivity index (χ4n) is 2.62. The topological polar surface area (TPSA) is 97.5 Å². The summed E-state index contributed by atoms with van der Waals surface area (Å²) in [6.07, 6.45) is 2.99. The molecular formula is C15H18N4O4S. The Morgan fingerprint density at radius 3 is 2.96 bits per heavy atom. The first-order valence-corrected chi connectivity index (χ1v) is 8.35. The summed E-state index contributed by atoms with van der Waals surface area (Å²) in [6.45, 7) is 2.88. The number of rotatable bonds is 4. The molecule has 0 spiro atoms. The molecule has 128 valence electrons. The summed E-state index contributed by atoms with van der Waals surface area (Å²) in [5.41, 5.74) is 1.54. The van der Waals surface area contributed by atoms with Gasteiger partial charge in [-0.1, -0.05) is 0 Å². The molecule has 1 saturated heterocycles. The minimum absolute atomic E-state index is 0.105. The van der Waals surface area contributed by atoms with E-state index in [0.29, 0.717) is 23.7 Å². The van der Waals surface area contributed by atoms with E-state index in [4.69, 9.17) is 9.84 Å². The Kier molecular flexibility index (Phi) is 4.63. The lowest BCUT2D eigenvalue weighted by atomic mass is 10.2. The highest BCUT2D eigenvalue weighted by Gasteiger charge is 2.29. The number of carbonyl (C=O) groups is 2. The molecule has 0 unspecified atom stereocenters. The van der Waals surface area contributed by atoms with E-state index in [0.717, 1.165) is 10.6 Å². The Balaban J connectivity index is 1.77. The van der Waals surface area contributed by atoms with Crippen molar-refractivity contribution in [1.29, 1.82) is 0 Å². The van der Waals surface area contributed by atoms with Crippen molar-refractivity contribution < 1.29 is 19.4 Å². The average Bonchev–Trinajstić information content (AvgIpc) is 3.12. The first-order chi connectivity index (χ1) is 11.4. The molecule has 0 aromatic carbocycles. The molecule has 24 heavy (non-hydrogen) atoms. The lowest BCUT2D eigenvalue weighted by molar-refractivity contribution is -0.141. The number of hydrogen-bond acceptors (Lipinski definition) is 6. The fourth-order valence-corrected chi connectivity index (χ4v) is 3.62. The maximum absolute atomic E-state index is 12.8. The Hall–Kier alpha value is -2.26. The van der Waals surface area contributed by atoms with Gasteiger partial charge in [0.2, 0.25) is 0 Å². The van der Waals surface area contributed by atoms with Crippen LogP contribution in [0.2, 0.25) is 0 Å². The monoisotopic (exact) mass is 350 g/mol. The lowest BCUT2D eigenvalue weighted by Gasteiger charge is -2.32. The second-order valence-electron chi connectivity index (χ2n) is 5.68. The quantitative estimate of drug-likeness (QED) is 0.889. The van der Waals surface area contributed by atoms with E-state index in [2.05, 4.69) is 10.1 Å². The van der Waals surface area contributed by atoms with Gasteiger partial charge in [-0.15, -0.1) is 11.3 Å². The van der Waals surface area contributed by atoms with Crippen LogP contribution >= 0.6 is 11.3 Å². The van der Waals surface area contributed by atoms with E-state index < -0.39 is 12.1 Å². The number of carboxylic acids is 1. The molecule has 0 aliphatic carbocycles. The van der Waals surface area contributed by atoms with Gasteiger partial charge < -0.3 is 14.7 Å². The van der Waals surface area contributed by atoms with Crippen LogP contribution in [0.15, 0.2) is 12.4 Å². The van der Waals surface area contributed by atoms with Gasteiger partial charge in [-0.25, -0.2) is 4.98 Å². The molecule has 8 nitrogen and oxygen atoms in total. The highest BCUT2D eigenvalue weighted by atomic mass is 32.1. The number of thiazole rings is 1. The second-order valence-corrected chi connectivity index (χ2v) is 6.68. The molecule has 1 amide bonds. The maximum Gasteiger partial charge on any atom is 0.306 e. The standard InChI is InChI=1S/C15H18N4O4S/c1-9-13(24-14(17-9)10-6-16-18(2)7-10)15(22)19-3-4-23-11(8-19)5-12(20)21/h6-7,11H,3-5,8H2,1-2H3,(H,20,21)/t11-/m1/s1. The number of aliphatic carboxylic acids is 1. The number of morpholine rings is 1. The van der Waals surface area contributed by atoms with E-state index in [9.17, 15) is 9.59 Å². The summed E-state index contributed by atoms with van der Waals surface area (Å²) in [5.74, 6) is -1.05. The molecule has 1 aliphatic rings. The zero-order valence-electron chi connectivity index (χ0n) is 13.4. The summed E-state index contributed by atoms with van der Waals surface area (Å²) in [5, 5.41) is 13.8. The summed E-state index contributed by atoms with van der Waals surface area (Å²) >= 11 is 1.33. The number of aromatic nitrogens is 3. The average molecular weight is 350 g/mol. The number of hydrogen-bond donors (Lipinski definition) is 1. The van der Waals surface area contributed by atoms with Gasteiger partial charge in [0.25, 0.3) is 5.91 Å². The van der Waals surface area contributed by atoms with Gasteiger partial charge in [0.15, 0.2) is 0 Å². The molecule has 0 bridgehead atoms. The largest absolute Gasteiger partial charge is 0.481 e. The Bertz CT molecular complexity index is 769. The third kappa shape index (κ3) is 3.46. The van der Waals surface area contributed by atoms with Gasteiger partial charge >= 0.3 is 5.97 Å². The van der Waals surface area contributed by atoms with Crippen LogP contribution < -0.4 is 0 Å². The summed E-state index contributed by atoms with van der Waals surface area (Å²) in [7, 11) is 1.83. The minimum atomic E-state index is -0.929. The first kappa shape index (κ1) is 16.6. The number of carbonyl (C=O) groups excluding carboxylic acids is 1. The molecule has 2 aromatic heterocycles. The highest BCUT2D eigenvalue weighted by Crippen LogP contribution is 2.29. The molecule has 3 rings (SSSR count). The van der Waals surface area contributed by atoms with Crippen molar-refractivity contribution in [3.8, 4) is 10.6 Å². The van der Waals surface area contributed by atoms with Gasteiger partial charge in [-0.05, 0) is 6.92 Å². The van der Waals surface area contributed by atoms with Crippen LogP contribution in [-0.2, 0) is 16.6 Å². The van der Waals surface area contributed by atoms with E-state index >= 15 is 0 Å². The van der Waals surface area contributed by atoms with E-state index in [1.807, 2.05) is 13.2 Å². The number of carboxylic acid groups (broad SMARTS) is 1. The van der Waals surface area contributed by atoms with Crippen molar-refractivity contribution in [2.75, 3.05) is 19.7 Å². The Morgan fingerprint density at radius 2 is 2.29 bits per heavy atom. The molecule has 1 N–H and O–H groups in total. The number of aryl methyl sites for hydroxylation is 2. The van der Waals surface area contributed by atoms with Crippen molar-refractivity contribution in [3.63, 3.8) is 0 Å². The Morgan fingerprint density at radius 1 is 1.50 bits per heavy atom. The van der Waals surface area contributed by atoms with Crippen LogP contribution in [0.4, 0.5) is 0 Å².